The molecule has 2 atom stereocenters. The van der Waals surface area contributed by atoms with Gasteiger partial charge < -0.3 is 15.8 Å². The number of fused-ring (bicyclic) bond motifs is 1. The molecule has 0 amide bonds. The molecule has 0 spiro atoms. The largest absolute Gasteiger partial charge is 0.391 e. The smallest absolute Gasteiger partial charge is 0.0878 e. The molecule has 0 aliphatic carbocycles. The van der Waals surface area contributed by atoms with E-state index in [0.29, 0.717) is 0 Å². The van der Waals surface area contributed by atoms with Crippen molar-refractivity contribution in [1.82, 2.24) is 9.97 Å². The van der Waals surface area contributed by atoms with E-state index in [1.807, 2.05) is 18.3 Å². The van der Waals surface area contributed by atoms with Crippen molar-refractivity contribution in [2.45, 2.75) is 19.1 Å². The van der Waals surface area contributed by atoms with Gasteiger partial charge in [-0.05, 0) is 24.6 Å². The molecule has 4 heteroatoms. The second kappa shape index (κ2) is 3.40. The summed E-state index contributed by atoms with van der Waals surface area (Å²) in [6, 6.07) is 3.43. The van der Waals surface area contributed by atoms with Gasteiger partial charge in [-0.25, -0.2) is 0 Å². The molecule has 0 aliphatic heterocycles. The van der Waals surface area contributed by atoms with E-state index in [9.17, 15) is 5.11 Å². The minimum atomic E-state index is -0.566. The van der Waals surface area contributed by atoms with E-state index in [1.54, 1.807) is 13.1 Å². The van der Waals surface area contributed by atoms with E-state index in [2.05, 4.69) is 9.97 Å². The van der Waals surface area contributed by atoms with Gasteiger partial charge >= 0.3 is 0 Å². The fourth-order valence-corrected chi connectivity index (χ4v) is 1.41. The summed E-state index contributed by atoms with van der Waals surface area (Å²) in [6.07, 6.45) is 2.97. The Morgan fingerprint density at radius 2 is 2.36 bits per heavy atom. The third kappa shape index (κ3) is 1.49. The third-order valence-electron chi connectivity index (χ3n) is 2.32. The molecule has 14 heavy (non-hydrogen) atoms. The maximum absolute atomic E-state index is 9.33. The van der Waals surface area contributed by atoms with E-state index >= 15 is 0 Å². The summed E-state index contributed by atoms with van der Waals surface area (Å²) in [7, 11) is 0. The van der Waals surface area contributed by atoms with E-state index < -0.39 is 6.10 Å². The summed E-state index contributed by atoms with van der Waals surface area (Å²) in [5, 5.41) is 9.33. The number of aromatic nitrogens is 2. The van der Waals surface area contributed by atoms with Gasteiger partial charge in [-0.15, -0.1) is 0 Å². The number of pyridine rings is 1. The van der Waals surface area contributed by atoms with Gasteiger partial charge in [0.05, 0.1) is 23.2 Å². The van der Waals surface area contributed by atoms with E-state index in [-0.39, 0.29) is 6.04 Å². The average Bonchev–Trinajstić information content (AvgIpc) is 2.62. The number of hydrogen-bond acceptors (Lipinski definition) is 3. The Morgan fingerprint density at radius 1 is 1.57 bits per heavy atom. The van der Waals surface area contributed by atoms with Crippen LogP contribution in [0.3, 0.4) is 0 Å². The number of aliphatic hydroxyl groups is 1. The highest BCUT2D eigenvalue weighted by atomic mass is 16.3. The van der Waals surface area contributed by atoms with Gasteiger partial charge in [0.25, 0.3) is 0 Å². The molecular weight excluding hydrogens is 178 g/mol. The molecule has 0 fully saturated rings. The number of H-pyrrole nitrogens is 1. The van der Waals surface area contributed by atoms with Crippen molar-refractivity contribution >= 4 is 11.0 Å². The molecule has 2 aromatic heterocycles. The van der Waals surface area contributed by atoms with Gasteiger partial charge in [0.15, 0.2) is 0 Å². The Hall–Kier alpha value is -1.39. The lowest BCUT2D eigenvalue weighted by Gasteiger charge is -2.14. The first kappa shape index (κ1) is 9.18. The highest BCUT2D eigenvalue weighted by molar-refractivity contribution is 5.75. The van der Waals surface area contributed by atoms with Crippen molar-refractivity contribution in [3.05, 3.63) is 30.1 Å². The van der Waals surface area contributed by atoms with Crippen LogP contribution in [0.15, 0.2) is 24.5 Å². The molecule has 2 heterocycles. The van der Waals surface area contributed by atoms with Gasteiger partial charge in [0, 0.05) is 12.4 Å². The fourth-order valence-electron chi connectivity index (χ4n) is 1.41. The number of aliphatic hydroxyl groups excluding tert-OH is 1. The molecule has 4 N–H and O–H groups in total. The fraction of sp³-hybridized carbons (Fsp3) is 0.300. The van der Waals surface area contributed by atoms with Crippen LogP contribution in [0.4, 0.5) is 0 Å². The van der Waals surface area contributed by atoms with Crippen molar-refractivity contribution in [1.29, 1.82) is 0 Å². The Kier molecular flexibility index (Phi) is 2.23. The summed E-state index contributed by atoms with van der Waals surface area (Å²) in [6.45, 7) is 1.67. The number of aromatic amines is 1. The maximum Gasteiger partial charge on any atom is 0.0878 e. The Labute approximate surface area is 81.8 Å². The van der Waals surface area contributed by atoms with Gasteiger partial charge in [0.2, 0.25) is 0 Å². The second-order valence-corrected chi connectivity index (χ2v) is 3.45. The predicted octanol–water partition coefficient (Wildman–Crippen LogP) is 0.944. The van der Waals surface area contributed by atoms with Gasteiger partial charge in [-0.2, -0.15) is 0 Å². The highest BCUT2D eigenvalue weighted by Gasteiger charge is 2.12. The Bertz CT molecular complexity index is 436. The number of rotatable bonds is 2. The van der Waals surface area contributed by atoms with Crippen LogP contribution in [-0.4, -0.2) is 21.2 Å². The van der Waals surface area contributed by atoms with Crippen LogP contribution in [0.5, 0.6) is 0 Å². The summed E-state index contributed by atoms with van der Waals surface area (Å²) in [5.74, 6) is 0. The first-order valence-electron chi connectivity index (χ1n) is 4.55. The summed E-state index contributed by atoms with van der Waals surface area (Å²) < 4.78 is 0. The molecule has 0 aromatic carbocycles. The molecule has 0 saturated carbocycles. The number of nitrogens with two attached hydrogens (primary N) is 1. The molecule has 2 aromatic rings. The Balaban J connectivity index is 2.43. The first-order valence-corrected chi connectivity index (χ1v) is 4.55. The van der Waals surface area contributed by atoms with Crippen molar-refractivity contribution in [3.63, 3.8) is 0 Å². The standard InChI is InChI=1S/C10H13N3O/c1-6(14)10(11)7-4-9-8(13-5-7)2-3-12-9/h2-6,10,12,14H,11H2,1H3/t6-,10-/m0/s1. The monoisotopic (exact) mass is 191 g/mol. The summed E-state index contributed by atoms with van der Waals surface area (Å²) in [4.78, 5) is 7.28. The van der Waals surface area contributed by atoms with Gasteiger partial charge in [-0.1, -0.05) is 0 Å². The van der Waals surface area contributed by atoms with Crippen LogP contribution < -0.4 is 5.73 Å². The van der Waals surface area contributed by atoms with Crippen LogP contribution in [0.25, 0.3) is 11.0 Å². The number of hydrogen-bond donors (Lipinski definition) is 3. The third-order valence-corrected chi connectivity index (χ3v) is 2.32. The predicted molar refractivity (Wildman–Crippen MR) is 54.7 cm³/mol. The summed E-state index contributed by atoms with van der Waals surface area (Å²) >= 11 is 0. The quantitative estimate of drug-likeness (QED) is 0.661. The van der Waals surface area contributed by atoms with E-state index in [4.69, 9.17) is 5.73 Å². The van der Waals surface area contributed by atoms with Gasteiger partial charge in [-0.3, -0.25) is 4.98 Å². The average molecular weight is 191 g/mol. The van der Waals surface area contributed by atoms with Crippen molar-refractivity contribution in [2.75, 3.05) is 0 Å². The normalized spacial score (nSPS) is 15.6. The lowest BCUT2D eigenvalue weighted by Crippen LogP contribution is -2.23. The topological polar surface area (TPSA) is 74.9 Å². The van der Waals surface area contributed by atoms with Crippen molar-refractivity contribution in [2.24, 2.45) is 5.73 Å². The van der Waals surface area contributed by atoms with E-state index in [1.165, 1.54) is 0 Å². The van der Waals surface area contributed by atoms with Crippen molar-refractivity contribution < 1.29 is 5.11 Å². The Morgan fingerprint density at radius 3 is 3.07 bits per heavy atom. The van der Waals surface area contributed by atoms with Crippen molar-refractivity contribution in [3.8, 4) is 0 Å². The molecule has 2 rings (SSSR count). The molecular formula is C10H13N3O. The number of nitrogens with zero attached hydrogens (tertiary/aromatic N) is 1. The zero-order valence-electron chi connectivity index (χ0n) is 7.94. The minimum absolute atomic E-state index is 0.379. The van der Waals surface area contributed by atoms with Crippen LogP contribution in [0.2, 0.25) is 0 Å². The molecule has 4 nitrogen and oxygen atoms in total. The lowest BCUT2D eigenvalue weighted by molar-refractivity contribution is 0.164. The second-order valence-electron chi connectivity index (χ2n) is 3.45. The van der Waals surface area contributed by atoms with Crippen LogP contribution in [-0.2, 0) is 0 Å². The lowest BCUT2D eigenvalue weighted by atomic mass is 10.1. The minimum Gasteiger partial charge on any atom is -0.391 e. The molecule has 0 aliphatic rings. The van der Waals surface area contributed by atoms with Gasteiger partial charge in [0.1, 0.15) is 0 Å². The number of nitrogens with one attached hydrogen (secondary N) is 1. The SMILES string of the molecule is C[C@H](O)[C@H](N)c1cnc2cc[nH]c2c1. The maximum atomic E-state index is 9.33. The van der Waals surface area contributed by atoms with Crippen LogP contribution in [0, 0.1) is 0 Å². The van der Waals surface area contributed by atoms with Crippen LogP contribution in [0.1, 0.15) is 18.5 Å². The highest BCUT2D eigenvalue weighted by Crippen LogP contribution is 2.17. The molecule has 74 valence electrons. The first-order chi connectivity index (χ1) is 6.68. The molecule has 0 bridgehead atoms. The zero-order valence-corrected chi connectivity index (χ0v) is 7.94. The molecule has 0 saturated heterocycles. The summed E-state index contributed by atoms with van der Waals surface area (Å²) in [5.41, 5.74) is 8.49. The van der Waals surface area contributed by atoms with E-state index in [0.717, 1.165) is 16.6 Å². The molecule has 0 radical (unpaired) electrons. The zero-order chi connectivity index (χ0) is 10.1. The molecule has 0 unspecified atom stereocenters. The van der Waals surface area contributed by atoms with Crippen LogP contribution >= 0.6 is 0 Å².